The number of hydrogen-bond donors (Lipinski definition) is 4. The minimum Gasteiger partial charge on any atom is -0.412 e. The van der Waals surface area contributed by atoms with Crippen LogP contribution in [0.2, 0.25) is 0 Å². The lowest BCUT2D eigenvalue weighted by Gasteiger charge is -1.89. The summed E-state index contributed by atoms with van der Waals surface area (Å²) < 4.78 is 31.6. The zero-order valence-corrected chi connectivity index (χ0v) is 7.64. The monoisotopic (exact) mass is 226 g/mol. The van der Waals surface area contributed by atoms with Crippen molar-refractivity contribution < 1.29 is 23.0 Å². The van der Waals surface area contributed by atoms with Crippen molar-refractivity contribution >= 4 is 22.0 Å². The summed E-state index contributed by atoms with van der Waals surface area (Å²) >= 11 is 0. The Labute approximate surface area is 79.7 Å². The summed E-state index contributed by atoms with van der Waals surface area (Å²) in [5.41, 5.74) is 10.5. The van der Waals surface area contributed by atoms with E-state index in [-0.39, 0.29) is 5.48 Å². The second kappa shape index (κ2) is 6.04. The second-order valence-electron chi connectivity index (χ2n) is 1.82. The molecule has 1 aromatic rings. The molecule has 1 heterocycles. The van der Waals surface area contributed by atoms with Crippen molar-refractivity contribution in [3.63, 3.8) is 0 Å². The van der Waals surface area contributed by atoms with Gasteiger partial charge in [-0.15, -0.1) is 0 Å². The topological polar surface area (TPSA) is 184 Å². The first-order valence-electron chi connectivity index (χ1n) is 2.82. The number of anilines is 2. The number of nitrogens with zero attached hydrogens (tertiary/aromatic N) is 2. The summed E-state index contributed by atoms with van der Waals surface area (Å²) in [7, 11) is -4.67. The van der Waals surface area contributed by atoms with Crippen LogP contribution in [0.4, 0.5) is 11.6 Å². The Bertz CT molecular complexity index is 340. The zero-order valence-electron chi connectivity index (χ0n) is 6.82. The van der Waals surface area contributed by atoms with E-state index in [1.165, 1.54) is 12.4 Å². The summed E-state index contributed by atoms with van der Waals surface area (Å²) in [4.78, 5) is 7.25. The van der Waals surface area contributed by atoms with E-state index in [4.69, 9.17) is 29.0 Å². The van der Waals surface area contributed by atoms with Crippen molar-refractivity contribution in [1.82, 2.24) is 9.97 Å². The Hall–Kier alpha value is -1.49. The quantitative estimate of drug-likeness (QED) is 0.372. The summed E-state index contributed by atoms with van der Waals surface area (Å²) in [5, 5.41) is 0. The highest BCUT2D eigenvalue weighted by Crippen LogP contribution is 1.97. The van der Waals surface area contributed by atoms with Gasteiger partial charge in [0, 0.05) is 6.07 Å². The van der Waals surface area contributed by atoms with Gasteiger partial charge in [-0.1, -0.05) is 0 Å². The fourth-order valence-electron chi connectivity index (χ4n) is 0.388. The number of nitrogens with two attached hydrogens (primary N) is 2. The molecule has 0 bridgehead atoms. The summed E-state index contributed by atoms with van der Waals surface area (Å²) in [6.07, 6.45) is 1.32. The molecule has 0 saturated carbocycles. The van der Waals surface area contributed by atoms with Crippen LogP contribution in [-0.2, 0) is 10.4 Å². The van der Waals surface area contributed by atoms with Crippen LogP contribution in [0, 0.1) is 0 Å². The molecule has 1 aromatic heterocycles. The summed E-state index contributed by atoms with van der Waals surface area (Å²) in [6, 6.07) is 1.50. The molecular weight excluding hydrogens is 216 g/mol. The molecule has 9 nitrogen and oxygen atoms in total. The fourth-order valence-corrected chi connectivity index (χ4v) is 0.388. The predicted molar refractivity (Wildman–Crippen MR) is 48.6 cm³/mol. The van der Waals surface area contributed by atoms with E-state index >= 15 is 0 Å². The molecule has 14 heavy (non-hydrogen) atoms. The highest BCUT2D eigenvalue weighted by molar-refractivity contribution is 7.79. The number of rotatable bonds is 0. The van der Waals surface area contributed by atoms with E-state index in [2.05, 4.69) is 9.97 Å². The van der Waals surface area contributed by atoms with E-state index in [0.29, 0.717) is 11.6 Å². The Morgan fingerprint density at radius 3 is 1.57 bits per heavy atom. The van der Waals surface area contributed by atoms with E-state index in [1.807, 2.05) is 0 Å². The molecule has 0 saturated heterocycles. The van der Waals surface area contributed by atoms with Crippen molar-refractivity contribution in [3.8, 4) is 0 Å². The van der Waals surface area contributed by atoms with Gasteiger partial charge in [-0.3, -0.25) is 9.11 Å². The van der Waals surface area contributed by atoms with Gasteiger partial charge in [0.1, 0.15) is 18.0 Å². The van der Waals surface area contributed by atoms with Gasteiger partial charge < -0.3 is 16.9 Å². The molecule has 0 aromatic carbocycles. The van der Waals surface area contributed by atoms with Crippen LogP contribution in [0.1, 0.15) is 0 Å². The highest BCUT2D eigenvalue weighted by atomic mass is 32.3. The molecule has 82 valence electrons. The van der Waals surface area contributed by atoms with Gasteiger partial charge in [0.25, 0.3) is 0 Å². The van der Waals surface area contributed by atoms with Crippen molar-refractivity contribution in [2.45, 2.75) is 0 Å². The average molecular weight is 226 g/mol. The van der Waals surface area contributed by atoms with Crippen LogP contribution in [0.5, 0.6) is 0 Å². The number of nitrogen functional groups attached to an aromatic ring is 2. The summed E-state index contributed by atoms with van der Waals surface area (Å²) in [5.74, 6) is 0.801. The van der Waals surface area contributed by atoms with Gasteiger partial charge in [0.2, 0.25) is 0 Å². The lowest BCUT2D eigenvalue weighted by Crippen LogP contribution is -1.94. The molecular formula is C4H10N4O5S. The van der Waals surface area contributed by atoms with E-state index in [1.54, 1.807) is 0 Å². The van der Waals surface area contributed by atoms with Crippen molar-refractivity contribution in [3.05, 3.63) is 12.4 Å². The van der Waals surface area contributed by atoms with Crippen LogP contribution in [0.15, 0.2) is 12.4 Å². The molecule has 0 unspecified atom stereocenters. The standard InChI is InChI=1S/C4H6N4.H2O4S.H2O/c5-3-1-4(6)8-2-7-3;1-5(2,3)4;/h1-2H,(H4,5,6,7,8);(H2,1,2,3,4);1H2. The first-order valence-corrected chi connectivity index (χ1v) is 4.21. The minimum atomic E-state index is -4.67. The molecule has 0 fully saturated rings. The number of hydrogen-bond acceptors (Lipinski definition) is 6. The first-order chi connectivity index (χ1) is 5.79. The molecule has 10 heteroatoms. The molecule has 0 aliphatic carbocycles. The largest absolute Gasteiger partial charge is 0.412 e. The van der Waals surface area contributed by atoms with Gasteiger partial charge >= 0.3 is 10.4 Å². The molecule has 0 spiro atoms. The minimum absolute atomic E-state index is 0. The molecule has 1 rings (SSSR count). The molecule has 0 radical (unpaired) electrons. The second-order valence-corrected chi connectivity index (χ2v) is 2.71. The predicted octanol–water partition coefficient (Wildman–Crippen LogP) is -1.84. The van der Waals surface area contributed by atoms with Crippen molar-refractivity contribution in [2.75, 3.05) is 11.5 Å². The normalized spacial score (nSPS) is 9.29. The third-order valence-electron chi connectivity index (χ3n) is 0.709. The maximum absolute atomic E-state index is 8.74. The van der Waals surface area contributed by atoms with E-state index < -0.39 is 10.4 Å². The first kappa shape index (κ1) is 15.0. The molecule has 8 N–H and O–H groups in total. The number of aromatic nitrogens is 2. The lowest BCUT2D eigenvalue weighted by molar-refractivity contribution is 0.381. The van der Waals surface area contributed by atoms with Gasteiger partial charge in [-0.25, -0.2) is 9.97 Å². The molecule has 0 amide bonds. The van der Waals surface area contributed by atoms with E-state index in [9.17, 15) is 0 Å². The zero-order chi connectivity index (χ0) is 10.5. The third-order valence-corrected chi connectivity index (χ3v) is 0.709. The Kier molecular flexibility index (Phi) is 6.47. The SMILES string of the molecule is Nc1cc(N)ncn1.O.O=S(=O)(O)O. The van der Waals surface area contributed by atoms with Crippen LogP contribution in [0.3, 0.4) is 0 Å². The fraction of sp³-hybridized carbons (Fsp3) is 0. The lowest BCUT2D eigenvalue weighted by atomic mass is 10.5. The van der Waals surface area contributed by atoms with Gasteiger partial charge in [0.15, 0.2) is 0 Å². The Balaban J connectivity index is 0. The van der Waals surface area contributed by atoms with Crippen LogP contribution >= 0.6 is 0 Å². The van der Waals surface area contributed by atoms with Crippen molar-refractivity contribution in [1.29, 1.82) is 0 Å². The van der Waals surface area contributed by atoms with E-state index in [0.717, 1.165) is 0 Å². The van der Waals surface area contributed by atoms with Crippen LogP contribution in [-0.4, -0.2) is 33.0 Å². The average Bonchev–Trinajstić information content (AvgIpc) is 1.81. The van der Waals surface area contributed by atoms with Gasteiger partial charge in [0.05, 0.1) is 0 Å². The smallest absolute Gasteiger partial charge is 0.394 e. The highest BCUT2D eigenvalue weighted by Gasteiger charge is 1.85. The Morgan fingerprint density at radius 2 is 1.43 bits per heavy atom. The Morgan fingerprint density at radius 1 is 1.14 bits per heavy atom. The maximum Gasteiger partial charge on any atom is 0.394 e. The van der Waals surface area contributed by atoms with Gasteiger partial charge in [-0.05, 0) is 0 Å². The van der Waals surface area contributed by atoms with Crippen molar-refractivity contribution in [2.24, 2.45) is 0 Å². The van der Waals surface area contributed by atoms with Crippen LogP contribution in [0.25, 0.3) is 0 Å². The third kappa shape index (κ3) is 13.1. The van der Waals surface area contributed by atoms with Gasteiger partial charge in [-0.2, -0.15) is 8.42 Å². The van der Waals surface area contributed by atoms with Crippen LogP contribution < -0.4 is 11.5 Å². The maximum atomic E-state index is 8.74. The molecule has 0 atom stereocenters. The molecule has 0 aliphatic heterocycles. The summed E-state index contributed by atoms with van der Waals surface area (Å²) in [6.45, 7) is 0. The molecule has 0 aliphatic rings.